The van der Waals surface area contributed by atoms with Gasteiger partial charge >= 0.3 is 5.97 Å². The Balaban J connectivity index is 1.80. The van der Waals surface area contributed by atoms with Gasteiger partial charge in [0.25, 0.3) is 5.91 Å². The van der Waals surface area contributed by atoms with Crippen LogP contribution in [0.5, 0.6) is 0 Å². The summed E-state index contributed by atoms with van der Waals surface area (Å²) in [5.41, 5.74) is 0.871. The number of carboxylic acid groups (broad SMARTS) is 1. The molecule has 1 aromatic heterocycles. The molecule has 7 heteroatoms. The molecule has 1 amide bonds. The zero-order valence-electron chi connectivity index (χ0n) is 14.3. The fourth-order valence-corrected chi connectivity index (χ4v) is 2.64. The maximum Gasteiger partial charge on any atom is 0.335 e. The highest BCUT2D eigenvalue weighted by Gasteiger charge is 2.13. The summed E-state index contributed by atoms with van der Waals surface area (Å²) >= 11 is 5.97. The van der Waals surface area contributed by atoms with Crippen molar-refractivity contribution >= 4 is 35.2 Å². The average molecular weight is 393 g/mol. The Kier molecular flexibility index (Phi) is 5.58. The van der Waals surface area contributed by atoms with E-state index >= 15 is 0 Å². The molecule has 0 spiro atoms. The van der Waals surface area contributed by atoms with Crippen molar-refractivity contribution in [1.29, 1.82) is 5.26 Å². The number of furan rings is 1. The number of nitrogens with zero attached hydrogens (tertiary/aromatic N) is 1. The fraction of sp³-hybridized carbons (Fsp3) is 0. The zero-order valence-corrected chi connectivity index (χ0v) is 15.1. The lowest BCUT2D eigenvalue weighted by atomic mass is 10.2. The van der Waals surface area contributed by atoms with Gasteiger partial charge in [0.1, 0.15) is 23.2 Å². The van der Waals surface area contributed by atoms with E-state index in [0.29, 0.717) is 16.5 Å². The van der Waals surface area contributed by atoms with Gasteiger partial charge in [0.05, 0.1) is 5.56 Å². The van der Waals surface area contributed by atoms with Crippen LogP contribution in [0.2, 0.25) is 5.02 Å². The van der Waals surface area contributed by atoms with Gasteiger partial charge in [0.15, 0.2) is 0 Å². The summed E-state index contributed by atoms with van der Waals surface area (Å²) in [7, 11) is 0. The van der Waals surface area contributed by atoms with Crippen LogP contribution in [0.25, 0.3) is 17.4 Å². The number of aromatic carboxylic acids is 1. The first kappa shape index (κ1) is 19.0. The van der Waals surface area contributed by atoms with Gasteiger partial charge < -0.3 is 14.8 Å². The molecule has 0 aliphatic rings. The number of carboxylic acids is 1. The van der Waals surface area contributed by atoms with Gasteiger partial charge in [-0.1, -0.05) is 29.8 Å². The molecule has 2 aromatic carbocycles. The molecule has 3 aromatic rings. The largest absolute Gasteiger partial charge is 0.478 e. The molecule has 0 bridgehead atoms. The second-order valence-electron chi connectivity index (χ2n) is 5.72. The molecule has 0 unspecified atom stereocenters. The average Bonchev–Trinajstić information content (AvgIpc) is 3.15. The number of amides is 1. The monoisotopic (exact) mass is 392 g/mol. The molecule has 138 valence electrons. The van der Waals surface area contributed by atoms with Crippen LogP contribution in [-0.4, -0.2) is 17.0 Å². The van der Waals surface area contributed by atoms with Crippen LogP contribution in [0, 0.1) is 11.3 Å². The summed E-state index contributed by atoms with van der Waals surface area (Å²) in [6.07, 6.45) is 1.31. The van der Waals surface area contributed by atoms with Gasteiger partial charge in [-0.3, -0.25) is 4.79 Å². The van der Waals surface area contributed by atoms with Crippen LogP contribution in [0.15, 0.2) is 70.7 Å². The molecule has 0 aliphatic carbocycles. The lowest BCUT2D eigenvalue weighted by Crippen LogP contribution is -2.13. The van der Waals surface area contributed by atoms with E-state index in [1.165, 1.54) is 30.3 Å². The van der Waals surface area contributed by atoms with Crippen molar-refractivity contribution in [3.8, 4) is 17.4 Å². The predicted molar refractivity (Wildman–Crippen MR) is 105 cm³/mol. The normalized spacial score (nSPS) is 10.9. The molecule has 2 N–H and O–H groups in total. The highest BCUT2D eigenvalue weighted by Crippen LogP contribution is 2.26. The van der Waals surface area contributed by atoms with Crippen molar-refractivity contribution in [2.24, 2.45) is 0 Å². The Hall–Kier alpha value is -3.82. The molecule has 0 radical (unpaired) electrons. The van der Waals surface area contributed by atoms with Crippen molar-refractivity contribution in [3.63, 3.8) is 0 Å². The Bertz CT molecular complexity index is 1130. The second kappa shape index (κ2) is 8.25. The number of rotatable bonds is 5. The predicted octanol–water partition coefficient (Wildman–Crippen LogP) is 4.84. The van der Waals surface area contributed by atoms with Crippen molar-refractivity contribution in [2.75, 3.05) is 5.32 Å². The molecule has 0 atom stereocenters. The third kappa shape index (κ3) is 4.47. The topological polar surface area (TPSA) is 103 Å². The van der Waals surface area contributed by atoms with Crippen LogP contribution >= 0.6 is 11.6 Å². The first-order chi connectivity index (χ1) is 13.5. The maximum atomic E-state index is 12.3. The number of hydrogen-bond donors (Lipinski definition) is 2. The molecule has 0 saturated heterocycles. The third-order valence-corrected chi connectivity index (χ3v) is 3.99. The van der Waals surface area contributed by atoms with Gasteiger partial charge in [-0.2, -0.15) is 5.26 Å². The highest BCUT2D eigenvalue weighted by atomic mass is 35.5. The maximum absolute atomic E-state index is 12.3. The number of carbonyl (C=O) groups excluding carboxylic acids is 1. The van der Waals surface area contributed by atoms with Gasteiger partial charge in [-0.05, 0) is 42.5 Å². The second-order valence-corrected chi connectivity index (χ2v) is 6.16. The van der Waals surface area contributed by atoms with Crippen LogP contribution in [0.1, 0.15) is 16.1 Å². The summed E-state index contributed by atoms with van der Waals surface area (Å²) in [6.45, 7) is 0. The summed E-state index contributed by atoms with van der Waals surface area (Å²) in [4.78, 5) is 23.4. The Morgan fingerprint density at radius 2 is 1.89 bits per heavy atom. The first-order valence-electron chi connectivity index (χ1n) is 8.08. The number of halogens is 1. The van der Waals surface area contributed by atoms with Crippen LogP contribution < -0.4 is 5.32 Å². The summed E-state index contributed by atoms with van der Waals surface area (Å²) in [6, 6.07) is 18.0. The molecule has 3 rings (SSSR count). The van der Waals surface area contributed by atoms with Crippen molar-refractivity contribution < 1.29 is 19.1 Å². The number of anilines is 1. The summed E-state index contributed by atoms with van der Waals surface area (Å²) < 4.78 is 5.66. The van der Waals surface area contributed by atoms with Crippen molar-refractivity contribution in [3.05, 3.63) is 82.6 Å². The smallest absolute Gasteiger partial charge is 0.335 e. The quantitative estimate of drug-likeness (QED) is 0.477. The Labute approximate surface area is 165 Å². The van der Waals surface area contributed by atoms with E-state index < -0.39 is 11.9 Å². The highest BCUT2D eigenvalue weighted by molar-refractivity contribution is 6.30. The third-order valence-electron chi connectivity index (χ3n) is 3.75. The minimum absolute atomic E-state index is 0.0254. The summed E-state index contributed by atoms with van der Waals surface area (Å²) in [5.74, 6) is -0.927. The van der Waals surface area contributed by atoms with Gasteiger partial charge in [0, 0.05) is 22.3 Å². The van der Waals surface area contributed by atoms with Gasteiger partial charge in [-0.15, -0.1) is 0 Å². The van der Waals surface area contributed by atoms with Gasteiger partial charge in [0.2, 0.25) is 0 Å². The lowest BCUT2D eigenvalue weighted by Gasteiger charge is -2.05. The molecule has 28 heavy (non-hydrogen) atoms. The van der Waals surface area contributed by atoms with Crippen LogP contribution in [0.3, 0.4) is 0 Å². The lowest BCUT2D eigenvalue weighted by molar-refractivity contribution is -0.112. The molecule has 1 heterocycles. The molecular weight excluding hydrogens is 380 g/mol. The standard InChI is InChI=1S/C21H13ClN2O4/c22-16-5-1-3-13(9-16)19-8-7-18(28-19)11-15(12-23)20(25)24-17-6-2-4-14(10-17)21(26)27/h1-11H,(H,24,25)(H,26,27)/b15-11-. The molecule has 6 nitrogen and oxygen atoms in total. The fourth-order valence-electron chi connectivity index (χ4n) is 2.45. The van der Waals surface area contributed by atoms with Crippen molar-refractivity contribution in [1.82, 2.24) is 0 Å². The Morgan fingerprint density at radius 3 is 2.61 bits per heavy atom. The molecule has 0 saturated carbocycles. The van der Waals surface area contributed by atoms with Crippen LogP contribution in [-0.2, 0) is 4.79 Å². The first-order valence-corrected chi connectivity index (χ1v) is 8.46. The van der Waals surface area contributed by atoms with E-state index in [2.05, 4.69) is 5.32 Å². The minimum atomic E-state index is -1.11. The van der Waals surface area contributed by atoms with Gasteiger partial charge in [-0.25, -0.2) is 4.79 Å². The van der Waals surface area contributed by atoms with E-state index in [-0.39, 0.29) is 16.8 Å². The number of nitrogens with one attached hydrogen (secondary N) is 1. The number of carbonyl (C=O) groups is 2. The summed E-state index contributed by atoms with van der Waals surface area (Å²) in [5, 5.41) is 21.4. The zero-order chi connectivity index (χ0) is 20.1. The van der Waals surface area contributed by atoms with E-state index in [0.717, 1.165) is 5.56 Å². The van der Waals surface area contributed by atoms with E-state index in [1.54, 1.807) is 30.3 Å². The molecule has 0 aliphatic heterocycles. The number of hydrogen-bond acceptors (Lipinski definition) is 4. The van der Waals surface area contributed by atoms with E-state index in [4.69, 9.17) is 21.1 Å². The SMILES string of the molecule is N#C/C(=C/c1ccc(-c2cccc(Cl)c2)o1)C(=O)Nc1cccc(C(=O)O)c1. The molecule has 0 fully saturated rings. The molecular formula is C21H13ClN2O4. The Morgan fingerprint density at radius 1 is 1.11 bits per heavy atom. The number of nitriles is 1. The minimum Gasteiger partial charge on any atom is -0.478 e. The van der Waals surface area contributed by atoms with Crippen molar-refractivity contribution in [2.45, 2.75) is 0 Å². The van der Waals surface area contributed by atoms with E-state index in [9.17, 15) is 14.9 Å². The van der Waals surface area contributed by atoms with Crippen LogP contribution in [0.4, 0.5) is 5.69 Å². The van der Waals surface area contributed by atoms with E-state index in [1.807, 2.05) is 12.1 Å². The number of benzene rings is 2.